The van der Waals surface area contributed by atoms with Crippen molar-refractivity contribution < 1.29 is 9.31 Å². The van der Waals surface area contributed by atoms with Crippen LogP contribution in [-0.4, -0.2) is 24.4 Å². The van der Waals surface area contributed by atoms with E-state index in [-0.39, 0.29) is 11.3 Å². The summed E-state index contributed by atoms with van der Waals surface area (Å²) in [7, 11) is 0. The fraction of sp³-hybridized carbons (Fsp3) is 0.0294. The Hall–Kier alpha value is -5.76. The fourth-order valence-corrected chi connectivity index (χ4v) is 5.91. The summed E-state index contributed by atoms with van der Waals surface area (Å²) in [6.45, 7) is 0. The summed E-state index contributed by atoms with van der Waals surface area (Å²) in [6, 6.07) is 37.5. The maximum atomic E-state index is 15.4. The van der Waals surface area contributed by atoms with Crippen LogP contribution >= 0.6 is 0 Å². The molecule has 0 atom stereocenters. The molecule has 202 valence electrons. The van der Waals surface area contributed by atoms with Crippen molar-refractivity contribution in [3.8, 4) is 11.3 Å². The number of hydrogen-bond donors (Lipinski definition) is 0. The zero-order valence-corrected chi connectivity index (χ0v) is 22.1. The second kappa shape index (κ2) is 10.0. The van der Waals surface area contributed by atoms with Gasteiger partial charge in [0.05, 0.1) is 11.2 Å². The summed E-state index contributed by atoms with van der Waals surface area (Å²) >= 11 is 0. The summed E-state index contributed by atoms with van der Waals surface area (Å²) in [6.07, 6.45) is 4.78. The van der Waals surface area contributed by atoms with Gasteiger partial charge < -0.3 is 14.7 Å². The fourth-order valence-electron chi connectivity index (χ4n) is 5.91. The third kappa shape index (κ3) is 3.77. The molecule has 3 aromatic carbocycles. The Labute approximate surface area is 239 Å². The second-order valence-electron chi connectivity index (χ2n) is 9.86. The maximum absolute atomic E-state index is 15.4. The molecule has 7 rings (SSSR count). The average Bonchev–Trinajstić information content (AvgIpc) is 3.37. The van der Waals surface area contributed by atoms with Crippen molar-refractivity contribution in [1.82, 2.24) is 19.5 Å². The molecule has 4 heterocycles. The quantitative estimate of drug-likeness (QED) is 0.121. The highest BCUT2D eigenvalue weighted by molar-refractivity contribution is 6.07. The summed E-state index contributed by atoms with van der Waals surface area (Å²) in [5, 5.41) is 13.2. The van der Waals surface area contributed by atoms with E-state index in [2.05, 4.69) is 50.9 Å². The Balaban J connectivity index is 1.67. The van der Waals surface area contributed by atoms with Crippen molar-refractivity contribution in [2.75, 3.05) is 0 Å². The van der Waals surface area contributed by atoms with Gasteiger partial charge in [-0.2, -0.15) is 4.39 Å². The molecule has 0 unspecified atom stereocenters. The Morgan fingerprint density at radius 1 is 0.714 bits per heavy atom. The van der Waals surface area contributed by atoms with Crippen LogP contribution in [0.1, 0.15) is 16.7 Å². The highest BCUT2D eigenvalue weighted by atomic mass is 19.1. The van der Waals surface area contributed by atoms with Gasteiger partial charge in [0.1, 0.15) is 17.4 Å². The van der Waals surface area contributed by atoms with E-state index in [0.717, 1.165) is 33.0 Å². The van der Waals surface area contributed by atoms with Crippen LogP contribution in [0.4, 0.5) is 10.2 Å². The molecule has 7 nitrogen and oxygen atoms in total. The molecule has 0 bridgehead atoms. The first-order valence-electron chi connectivity index (χ1n) is 13.3. The number of aromatic nitrogens is 4. The number of halogens is 1. The summed E-state index contributed by atoms with van der Waals surface area (Å²) < 4.78 is 17.6. The van der Waals surface area contributed by atoms with Crippen molar-refractivity contribution in [3.05, 3.63) is 166 Å². The molecule has 0 amide bonds. The van der Waals surface area contributed by atoms with Gasteiger partial charge in [-0.15, -0.1) is 0 Å². The molecule has 0 spiro atoms. The van der Waals surface area contributed by atoms with E-state index in [1.807, 2.05) is 66.7 Å². The number of rotatable bonds is 6. The van der Waals surface area contributed by atoms with E-state index in [4.69, 9.17) is 4.98 Å². The van der Waals surface area contributed by atoms with Crippen LogP contribution in [0.5, 0.6) is 0 Å². The minimum atomic E-state index is -1.03. The Kier molecular flexibility index (Phi) is 6.01. The highest BCUT2D eigenvalue weighted by Crippen LogP contribution is 2.46. The first kappa shape index (κ1) is 25.2. The lowest BCUT2D eigenvalue weighted by atomic mass is 9.76. The maximum Gasteiger partial charge on any atom is 0.400 e. The molecule has 7 aromatic rings. The molecule has 0 saturated carbocycles. The van der Waals surface area contributed by atoms with E-state index in [1.165, 1.54) is 12.3 Å². The number of hydrogen-bond acceptors (Lipinski definition) is 5. The smallest absolute Gasteiger partial charge is 0.358 e. The van der Waals surface area contributed by atoms with Gasteiger partial charge in [-0.3, -0.25) is 4.98 Å². The molecule has 0 aliphatic rings. The second-order valence-corrected chi connectivity index (χ2v) is 9.86. The van der Waals surface area contributed by atoms with Crippen LogP contribution in [0.15, 0.2) is 134 Å². The van der Waals surface area contributed by atoms with Crippen LogP contribution in [0.25, 0.3) is 33.2 Å². The van der Waals surface area contributed by atoms with E-state index >= 15 is 4.39 Å². The van der Waals surface area contributed by atoms with E-state index in [1.54, 1.807) is 18.5 Å². The molecular formula is C34H22FN5O2. The van der Waals surface area contributed by atoms with Crippen molar-refractivity contribution in [1.29, 1.82) is 0 Å². The molecule has 0 aliphatic carbocycles. The molecule has 42 heavy (non-hydrogen) atoms. The predicted octanol–water partition coefficient (Wildman–Crippen LogP) is 7.53. The zero-order chi connectivity index (χ0) is 28.7. The SMILES string of the molecule is O=[N+]([O-])c1nccc(-c2ccc3c4cnccc4n(C(c4ccccc4)(c4ccccc4)c4ccccc4)c3n2)c1[19F]. The third-order valence-corrected chi connectivity index (χ3v) is 7.65. The Morgan fingerprint density at radius 3 is 1.88 bits per heavy atom. The van der Waals surface area contributed by atoms with Gasteiger partial charge in [0, 0.05) is 28.7 Å². The van der Waals surface area contributed by atoms with Crippen molar-refractivity contribution in [2.24, 2.45) is 0 Å². The molecule has 8 heteroatoms. The van der Waals surface area contributed by atoms with Crippen LogP contribution < -0.4 is 0 Å². The van der Waals surface area contributed by atoms with Gasteiger partial charge in [-0.25, -0.2) is 4.98 Å². The predicted molar refractivity (Wildman–Crippen MR) is 159 cm³/mol. The molecular weight excluding hydrogens is 529 g/mol. The van der Waals surface area contributed by atoms with Crippen molar-refractivity contribution >= 4 is 27.8 Å². The van der Waals surface area contributed by atoms with Crippen LogP contribution in [-0.2, 0) is 5.54 Å². The van der Waals surface area contributed by atoms with Crippen molar-refractivity contribution in [2.45, 2.75) is 5.54 Å². The number of benzene rings is 3. The van der Waals surface area contributed by atoms with Crippen LogP contribution in [0.2, 0.25) is 0 Å². The Morgan fingerprint density at radius 2 is 1.31 bits per heavy atom. The molecule has 0 fully saturated rings. The van der Waals surface area contributed by atoms with Crippen LogP contribution in [0.3, 0.4) is 0 Å². The molecule has 0 aliphatic heterocycles. The number of nitrogens with zero attached hydrogens (tertiary/aromatic N) is 5. The lowest BCUT2D eigenvalue weighted by Gasteiger charge is -2.38. The minimum absolute atomic E-state index is 0.00161. The molecule has 0 radical (unpaired) electrons. The van der Waals surface area contributed by atoms with Gasteiger partial charge in [0.15, 0.2) is 0 Å². The molecule has 0 N–H and O–H groups in total. The standard InChI is InChI=1S/C34H22FN5O2/c35-31-27(18-21-37-33(31)40(41)42)29-17-16-26-28-22-36-20-19-30(28)39(32(26)38-29)34(23-10-4-1-5-11-23,24-12-6-2-7-13-24)25-14-8-3-9-15-25/h1-22H/i35+0. The van der Waals surface area contributed by atoms with Gasteiger partial charge in [0.25, 0.3) is 0 Å². The summed E-state index contributed by atoms with van der Waals surface area (Å²) in [5.41, 5.74) is 3.79. The van der Waals surface area contributed by atoms with E-state index in [0.29, 0.717) is 5.65 Å². The van der Waals surface area contributed by atoms with E-state index < -0.39 is 22.1 Å². The molecule has 0 saturated heterocycles. The lowest BCUT2D eigenvalue weighted by Crippen LogP contribution is -2.37. The zero-order valence-electron chi connectivity index (χ0n) is 22.1. The van der Waals surface area contributed by atoms with Gasteiger partial charge in [-0.1, -0.05) is 91.0 Å². The minimum Gasteiger partial charge on any atom is -0.358 e. The Bertz CT molecular complexity index is 1980. The number of pyridine rings is 3. The monoisotopic (exact) mass is 551 g/mol. The average molecular weight is 552 g/mol. The lowest BCUT2D eigenvalue weighted by molar-refractivity contribution is -0.392. The normalized spacial score (nSPS) is 11.6. The number of fused-ring (bicyclic) bond motifs is 3. The largest absolute Gasteiger partial charge is 0.400 e. The van der Waals surface area contributed by atoms with Gasteiger partial charge in [-0.05, 0) is 50.9 Å². The first-order chi connectivity index (χ1) is 20.6. The van der Waals surface area contributed by atoms with E-state index in [9.17, 15) is 10.1 Å². The highest BCUT2D eigenvalue weighted by Gasteiger charge is 2.41. The number of nitro groups is 1. The summed E-state index contributed by atoms with van der Waals surface area (Å²) in [5.74, 6) is -1.87. The first-order valence-corrected chi connectivity index (χ1v) is 13.3. The molecule has 4 aromatic heterocycles. The van der Waals surface area contributed by atoms with Crippen LogP contribution in [0, 0.1) is 15.9 Å². The topological polar surface area (TPSA) is 86.7 Å². The summed E-state index contributed by atoms with van der Waals surface area (Å²) in [4.78, 5) is 23.7. The van der Waals surface area contributed by atoms with Gasteiger partial charge in [0.2, 0.25) is 5.82 Å². The van der Waals surface area contributed by atoms with Gasteiger partial charge >= 0.3 is 5.82 Å². The van der Waals surface area contributed by atoms with Crippen molar-refractivity contribution in [3.63, 3.8) is 0 Å². The third-order valence-electron chi connectivity index (χ3n) is 7.65.